The third-order valence-electron chi connectivity index (χ3n) is 5.36. The Morgan fingerprint density at radius 1 is 1.33 bits per heavy atom. The average molecular weight is 369 g/mol. The summed E-state index contributed by atoms with van der Waals surface area (Å²) in [6, 6.07) is 7.20. The molecule has 0 saturated carbocycles. The van der Waals surface area contributed by atoms with E-state index >= 15 is 0 Å². The molecule has 0 bridgehead atoms. The Labute approximate surface area is 157 Å². The molecule has 7 nitrogen and oxygen atoms in total. The van der Waals surface area contributed by atoms with E-state index in [4.69, 9.17) is 9.26 Å². The molecule has 0 unspecified atom stereocenters. The molecule has 0 radical (unpaired) electrons. The zero-order valence-corrected chi connectivity index (χ0v) is 15.6. The maximum absolute atomic E-state index is 12.8. The minimum Gasteiger partial charge on any atom is -0.465 e. The van der Waals surface area contributed by atoms with Crippen LogP contribution in [0.4, 0.5) is 0 Å². The van der Waals surface area contributed by atoms with Gasteiger partial charge in [0, 0.05) is 24.9 Å². The summed E-state index contributed by atoms with van der Waals surface area (Å²) >= 11 is 0. The van der Waals surface area contributed by atoms with Gasteiger partial charge in [-0.2, -0.15) is 0 Å². The van der Waals surface area contributed by atoms with Gasteiger partial charge in [0.05, 0.1) is 17.8 Å². The van der Waals surface area contributed by atoms with Crippen molar-refractivity contribution in [3.63, 3.8) is 0 Å². The Kier molecular flexibility index (Phi) is 4.37. The molecule has 1 aromatic carbocycles. The van der Waals surface area contributed by atoms with Crippen molar-refractivity contribution in [2.75, 3.05) is 13.1 Å². The van der Waals surface area contributed by atoms with E-state index in [0.717, 1.165) is 23.4 Å². The third kappa shape index (κ3) is 3.29. The van der Waals surface area contributed by atoms with Gasteiger partial charge in [-0.1, -0.05) is 17.3 Å². The highest BCUT2D eigenvalue weighted by Crippen LogP contribution is 2.32. The molecule has 2 aromatic rings. The Balaban J connectivity index is 1.45. The van der Waals surface area contributed by atoms with E-state index < -0.39 is 5.72 Å². The van der Waals surface area contributed by atoms with Gasteiger partial charge >= 0.3 is 0 Å². The minimum atomic E-state index is -0.845. The summed E-state index contributed by atoms with van der Waals surface area (Å²) in [6.45, 7) is 4.77. The van der Waals surface area contributed by atoms with Gasteiger partial charge in [-0.15, -0.1) is 0 Å². The predicted octanol–water partition coefficient (Wildman–Crippen LogP) is 2.37. The molecule has 3 heterocycles. The molecule has 1 fully saturated rings. The van der Waals surface area contributed by atoms with Gasteiger partial charge in [0.1, 0.15) is 11.5 Å². The number of carbonyl (C=O) groups excluding carboxylic acids is 2. The minimum absolute atomic E-state index is 0.0470. The third-order valence-corrected chi connectivity index (χ3v) is 5.36. The number of aryl methyl sites for hydroxylation is 2. The summed E-state index contributed by atoms with van der Waals surface area (Å²) in [5.74, 6) is 1.23. The number of piperidine rings is 1. The first-order valence-electron chi connectivity index (χ1n) is 9.27. The summed E-state index contributed by atoms with van der Waals surface area (Å²) in [5.41, 5.74) is 1.51. The fraction of sp³-hybridized carbons (Fsp3) is 0.450. The molecule has 1 saturated heterocycles. The second-order valence-electron chi connectivity index (χ2n) is 7.27. The molecule has 2 aliphatic heterocycles. The molecule has 1 spiro atoms. The first kappa shape index (κ1) is 17.6. The highest BCUT2D eigenvalue weighted by atomic mass is 16.5. The van der Waals surface area contributed by atoms with Crippen molar-refractivity contribution < 1.29 is 18.8 Å². The Morgan fingerprint density at radius 3 is 2.93 bits per heavy atom. The van der Waals surface area contributed by atoms with Crippen LogP contribution in [0, 0.1) is 13.8 Å². The van der Waals surface area contributed by atoms with Crippen LogP contribution in [0.2, 0.25) is 0 Å². The fourth-order valence-corrected chi connectivity index (χ4v) is 3.92. The van der Waals surface area contributed by atoms with Crippen LogP contribution in [0.25, 0.3) is 0 Å². The lowest BCUT2D eigenvalue weighted by atomic mass is 9.97. The number of carbonyl (C=O) groups is 2. The van der Waals surface area contributed by atoms with Crippen molar-refractivity contribution in [1.82, 2.24) is 15.4 Å². The number of nitrogens with one attached hydrogen (secondary N) is 1. The van der Waals surface area contributed by atoms with Crippen LogP contribution in [0.3, 0.4) is 0 Å². The van der Waals surface area contributed by atoms with Gasteiger partial charge in [0.2, 0.25) is 11.6 Å². The van der Waals surface area contributed by atoms with Crippen LogP contribution in [0.15, 0.2) is 28.8 Å². The van der Waals surface area contributed by atoms with Crippen molar-refractivity contribution in [3.05, 3.63) is 46.8 Å². The van der Waals surface area contributed by atoms with Crippen LogP contribution in [-0.2, 0) is 11.2 Å². The molecule has 27 heavy (non-hydrogen) atoms. The number of hydrogen-bond acceptors (Lipinski definition) is 5. The largest absolute Gasteiger partial charge is 0.465 e. The maximum Gasteiger partial charge on any atom is 0.258 e. The monoisotopic (exact) mass is 369 g/mol. The van der Waals surface area contributed by atoms with Crippen LogP contribution in [0.5, 0.6) is 5.75 Å². The van der Waals surface area contributed by atoms with Crippen molar-refractivity contribution in [3.8, 4) is 5.75 Å². The number of ether oxygens (including phenoxy) is 1. The van der Waals surface area contributed by atoms with E-state index in [2.05, 4.69) is 10.5 Å². The van der Waals surface area contributed by atoms with Gasteiger partial charge in [-0.05, 0) is 38.8 Å². The van der Waals surface area contributed by atoms with Gasteiger partial charge in [0.15, 0.2) is 0 Å². The second kappa shape index (κ2) is 6.72. The summed E-state index contributed by atoms with van der Waals surface area (Å²) in [5, 5.41) is 6.92. The molecular weight excluding hydrogens is 346 g/mol. The van der Waals surface area contributed by atoms with E-state index in [-0.39, 0.29) is 11.8 Å². The molecule has 0 aliphatic carbocycles. The molecule has 2 aliphatic rings. The van der Waals surface area contributed by atoms with Crippen molar-refractivity contribution >= 4 is 11.8 Å². The van der Waals surface area contributed by atoms with Crippen molar-refractivity contribution in [1.29, 1.82) is 0 Å². The van der Waals surface area contributed by atoms with Gasteiger partial charge < -0.3 is 19.5 Å². The topological polar surface area (TPSA) is 84.7 Å². The molecule has 7 heteroatoms. The number of amides is 2. The average Bonchev–Trinajstić information content (AvgIpc) is 2.97. The lowest BCUT2D eigenvalue weighted by molar-refractivity contribution is -0.138. The summed E-state index contributed by atoms with van der Waals surface area (Å²) in [4.78, 5) is 27.0. The number of para-hydroxylation sites is 1. The smallest absolute Gasteiger partial charge is 0.258 e. The van der Waals surface area contributed by atoms with E-state index in [1.165, 1.54) is 0 Å². The standard InChI is InChI=1S/C20H23N3O4/c1-13-15(14(2)27-22-13)8-9-18(24)23-11-5-10-20(12-23)21-19(25)16-6-3-4-7-17(16)26-20/h3-4,6-7H,5,8-12H2,1-2H3,(H,21,25)/t20-/m0/s1. The number of rotatable bonds is 3. The Hall–Kier alpha value is -2.83. The first-order chi connectivity index (χ1) is 13.0. The fourth-order valence-electron chi connectivity index (χ4n) is 3.92. The molecule has 2 amide bonds. The van der Waals surface area contributed by atoms with Crippen LogP contribution in [-0.4, -0.2) is 40.7 Å². The van der Waals surface area contributed by atoms with Crippen molar-refractivity contribution in [2.45, 2.75) is 45.3 Å². The number of hydrogen-bond donors (Lipinski definition) is 1. The molecule has 1 atom stereocenters. The highest BCUT2D eigenvalue weighted by molar-refractivity contribution is 5.98. The molecule has 1 aromatic heterocycles. The van der Waals surface area contributed by atoms with E-state index in [1.54, 1.807) is 17.0 Å². The lowest BCUT2D eigenvalue weighted by Gasteiger charge is -2.45. The van der Waals surface area contributed by atoms with Gasteiger partial charge in [-0.25, -0.2) is 0 Å². The van der Waals surface area contributed by atoms with Crippen LogP contribution in [0.1, 0.15) is 46.6 Å². The highest BCUT2D eigenvalue weighted by Gasteiger charge is 2.44. The zero-order valence-electron chi connectivity index (χ0n) is 15.6. The van der Waals surface area contributed by atoms with Gasteiger partial charge in [-0.3, -0.25) is 9.59 Å². The number of nitrogens with zero attached hydrogens (tertiary/aromatic N) is 2. The van der Waals surface area contributed by atoms with E-state index in [0.29, 0.717) is 43.7 Å². The molecule has 4 rings (SSSR count). The summed E-state index contributed by atoms with van der Waals surface area (Å²) in [6.07, 6.45) is 2.43. The second-order valence-corrected chi connectivity index (χ2v) is 7.27. The number of fused-ring (bicyclic) bond motifs is 1. The molecule has 142 valence electrons. The normalized spacial score (nSPS) is 21.6. The summed E-state index contributed by atoms with van der Waals surface area (Å²) < 4.78 is 11.3. The van der Waals surface area contributed by atoms with Gasteiger partial charge in [0.25, 0.3) is 5.91 Å². The summed E-state index contributed by atoms with van der Waals surface area (Å²) in [7, 11) is 0. The lowest BCUT2D eigenvalue weighted by Crippen LogP contribution is -2.64. The molecular formula is C20H23N3O4. The Bertz CT molecular complexity index is 872. The van der Waals surface area contributed by atoms with E-state index in [9.17, 15) is 9.59 Å². The molecule has 1 N–H and O–H groups in total. The van der Waals surface area contributed by atoms with Crippen LogP contribution < -0.4 is 10.1 Å². The Morgan fingerprint density at radius 2 is 2.15 bits per heavy atom. The predicted molar refractivity (Wildman–Crippen MR) is 97.4 cm³/mol. The maximum atomic E-state index is 12.8. The number of likely N-dealkylation sites (tertiary alicyclic amines) is 1. The number of benzene rings is 1. The van der Waals surface area contributed by atoms with E-state index in [1.807, 2.05) is 26.0 Å². The SMILES string of the molecule is Cc1noc(C)c1CCC(=O)N1CCC[C@]2(C1)NC(=O)c1ccccc1O2. The van der Waals surface area contributed by atoms with Crippen molar-refractivity contribution in [2.24, 2.45) is 0 Å². The zero-order chi connectivity index (χ0) is 19.0. The number of aromatic nitrogens is 1. The van der Waals surface area contributed by atoms with Crippen LogP contribution >= 0.6 is 0 Å². The quantitative estimate of drug-likeness (QED) is 0.898. The first-order valence-corrected chi connectivity index (χ1v) is 9.27.